The number of hydrogen-bond acceptors (Lipinski definition) is 4. The Bertz CT molecular complexity index is 1260. The number of aromatic nitrogens is 3. The summed E-state index contributed by atoms with van der Waals surface area (Å²) in [5.74, 6) is 0.717. The number of nitrogens with zero attached hydrogens (tertiary/aromatic N) is 3. The minimum Gasteiger partial charge on any atom is -0.339 e. The van der Waals surface area contributed by atoms with Crippen LogP contribution in [-0.4, -0.2) is 27.4 Å². The normalized spacial score (nSPS) is 12.0. The molecule has 0 bridgehead atoms. The van der Waals surface area contributed by atoms with E-state index in [9.17, 15) is 8.78 Å². The smallest absolute Gasteiger partial charge is 0.242 e. The number of halogens is 2. The molecule has 0 aliphatic carbocycles. The fourth-order valence-electron chi connectivity index (χ4n) is 3.58. The van der Waals surface area contributed by atoms with Crippen molar-refractivity contribution >= 4 is 34.0 Å². The van der Waals surface area contributed by atoms with Crippen molar-refractivity contribution in [2.24, 2.45) is 7.05 Å². The molecule has 0 amide bonds. The zero-order chi connectivity index (χ0) is 22.7. The molecule has 2 aromatic carbocycles. The van der Waals surface area contributed by atoms with Crippen molar-refractivity contribution < 1.29 is 8.78 Å². The molecule has 0 aliphatic rings. The Balaban J connectivity index is 1.62. The van der Waals surface area contributed by atoms with Crippen LogP contribution >= 0.6 is 11.8 Å². The van der Waals surface area contributed by atoms with Crippen LogP contribution in [0.2, 0.25) is 0 Å². The Kier molecular flexibility index (Phi) is 6.55. The average molecular weight is 451 g/mol. The first-order valence-corrected chi connectivity index (χ1v) is 11.5. The lowest BCUT2D eigenvalue weighted by molar-refractivity contribution is 0.149. The number of anilines is 1. The van der Waals surface area contributed by atoms with Gasteiger partial charge in [-0.05, 0) is 52.8 Å². The van der Waals surface area contributed by atoms with Crippen molar-refractivity contribution in [3.05, 3.63) is 83.2 Å². The second-order valence-electron chi connectivity index (χ2n) is 7.58. The highest BCUT2D eigenvalue weighted by Crippen LogP contribution is 2.28. The van der Waals surface area contributed by atoms with Gasteiger partial charge in [-0.15, -0.1) is 11.8 Å². The third-order valence-corrected chi connectivity index (χ3v) is 5.89. The number of aryl methyl sites for hydroxylation is 1. The molecule has 1 N–H and O–H groups in total. The first-order chi connectivity index (χ1) is 15.4. The Morgan fingerprint density at radius 3 is 2.53 bits per heavy atom. The van der Waals surface area contributed by atoms with Gasteiger partial charge >= 0.3 is 0 Å². The number of fused-ring (bicyclic) bond motifs is 1. The summed E-state index contributed by atoms with van der Waals surface area (Å²) < 4.78 is 27.1. The van der Waals surface area contributed by atoms with Crippen LogP contribution < -0.4 is 5.32 Å². The van der Waals surface area contributed by atoms with Gasteiger partial charge in [0.2, 0.25) is 6.43 Å². The van der Waals surface area contributed by atoms with Crippen molar-refractivity contribution in [2.75, 3.05) is 11.6 Å². The van der Waals surface area contributed by atoms with Crippen LogP contribution in [0.15, 0.2) is 66.3 Å². The fourth-order valence-corrected chi connectivity index (χ4v) is 4.01. The van der Waals surface area contributed by atoms with Gasteiger partial charge in [-0.2, -0.15) is 5.10 Å². The predicted octanol–water partition coefficient (Wildman–Crippen LogP) is 6.52. The first-order valence-electron chi connectivity index (χ1n) is 10.2. The monoisotopic (exact) mass is 450 g/mol. The molecule has 0 atom stereocenters. The molecule has 32 heavy (non-hydrogen) atoms. The molecule has 2 aromatic heterocycles. The third kappa shape index (κ3) is 4.83. The quantitative estimate of drug-likeness (QED) is 0.348. The zero-order valence-corrected chi connectivity index (χ0v) is 19.0. The van der Waals surface area contributed by atoms with E-state index in [2.05, 4.69) is 40.5 Å². The van der Waals surface area contributed by atoms with Gasteiger partial charge in [0, 0.05) is 36.3 Å². The topological polar surface area (TPSA) is 42.7 Å². The number of rotatable bonds is 7. The Morgan fingerprint density at radius 2 is 1.88 bits per heavy atom. The summed E-state index contributed by atoms with van der Waals surface area (Å²) >= 11 is 1.56. The molecular formula is C25H24F2N4S. The molecule has 0 saturated carbocycles. The Hall–Kier alpha value is -3.19. The molecular weight excluding hydrogens is 426 g/mol. The van der Waals surface area contributed by atoms with Gasteiger partial charge in [-0.25, -0.2) is 13.8 Å². The summed E-state index contributed by atoms with van der Waals surface area (Å²) in [5.41, 5.74) is 5.72. The third-order valence-electron chi connectivity index (χ3n) is 5.42. The maximum absolute atomic E-state index is 12.6. The van der Waals surface area contributed by atoms with Crippen molar-refractivity contribution in [3.63, 3.8) is 0 Å². The Labute approximate surface area is 190 Å². The summed E-state index contributed by atoms with van der Waals surface area (Å²) in [4.78, 5) is 4.56. The molecule has 2 heterocycles. The summed E-state index contributed by atoms with van der Waals surface area (Å²) in [5, 5.41) is 11.8. The van der Waals surface area contributed by atoms with Crippen LogP contribution in [0.3, 0.4) is 0 Å². The van der Waals surface area contributed by atoms with E-state index in [0.29, 0.717) is 5.56 Å². The number of alkyl halides is 2. The van der Waals surface area contributed by atoms with Crippen molar-refractivity contribution in [1.82, 2.24) is 14.8 Å². The average Bonchev–Trinajstić information content (AvgIpc) is 3.11. The molecule has 0 fully saturated rings. The lowest BCUT2D eigenvalue weighted by Gasteiger charge is -2.12. The highest BCUT2D eigenvalue weighted by molar-refractivity contribution is 8.01. The van der Waals surface area contributed by atoms with Crippen molar-refractivity contribution in [3.8, 4) is 11.1 Å². The molecule has 164 valence electrons. The highest BCUT2D eigenvalue weighted by Gasteiger charge is 2.10. The van der Waals surface area contributed by atoms with E-state index in [1.54, 1.807) is 23.9 Å². The molecule has 4 aromatic rings. The van der Waals surface area contributed by atoms with Crippen LogP contribution in [0, 0.1) is 6.92 Å². The summed E-state index contributed by atoms with van der Waals surface area (Å²) in [6.07, 6.45) is 3.12. The van der Waals surface area contributed by atoms with E-state index in [4.69, 9.17) is 0 Å². The molecule has 0 aliphatic heterocycles. The summed E-state index contributed by atoms with van der Waals surface area (Å²) in [6, 6.07) is 15.5. The van der Waals surface area contributed by atoms with Gasteiger partial charge in [0.15, 0.2) is 0 Å². The number of benzene rings is 2. The van der Waals surface area contributed by atoms with Gasteiger partial charge in [-0.1, -0.05) is 36.4 Å². The molecule has 4 nitrogen and oxygen atoms in total. The maximum Gasteiger partial charge on any atom is 0.242 e. The molecule has 0 saturated heterocycles. The molecule has 7 heteroatoms. The predicted molar refractivity (Wildman–Crippen MR) is 130 cm³/mol. The number of hydrogen-bond donors (Lipinski definition) is 1. The standard InChI is InChI=1S/C25H24F2N4S/c1-16-22(14-29-31(16)2)19-8-9-20-13-28-25(12-21(20)11-19)30-23(15-32-3)18-6-4-17(5-7-18)10-24(26)27/h4-9,11-15,24H,10H2,1-3H3,(H,28,30)/b23-15+. The van der Waals surface area contributed by atoms with Crippen LogP contribution in [0.4, 0.5) is 14.6 Å². The summed E-state index contributed by atoms with van der Waals surface area (Å²) in [6.45, 7) is 2.05. The molecule has 0 spiro atoms. The van der Waals surface area contributed by atoms with Gasteiger partial charge in [0.05, 0.1) is 11.9 Å². The number of pyridine rings is 1. The van der Waals surface area contributed by atoms with E-state index in [1.165, 1.54) is 0 Å². The van der Waals surface area contributed by atoms with Gasteiger partial charge in [0.1, 0.15) is 5.82 Å². The SMILES string of the molecule is CS/C=C(/Nc1cc2cc(-c3cnn(C)c3C)ccc2cn1)c1ccc(CC(F)F)cc1. The lowest BCUT2D eigenvalue weighted by atomic mass is 10.0. The number of thioether (sulfide) groups is 1. The van der Waals surface area contributed by atoms with Gasteiger partial charge < -0.3 is 5.32 Å². The van der Waals surface area contributed by atoms with E-state index in [-0.39, 0.29) is 6.42 Å². The maximum atomic E-state index is 12.6. The minimum absolute atomic E-state index is 0.236. The van der Waals surface area contributed by atoms with Crippen molar-refractivity contribution in [2.45, 2.75) is 19.8 Å². The minimum atomic E-state index is -2.35. The Morgan fingerprint density at radius 1 is 1.09 bits per heavy atom. The number of nitrogens with one attached hydrogen (secondary N) is 1. The molecule has 0 radical (unpaired) electrons. The van der Waals surface area contributed by atoms with Crippen LogP contribution in [-0.2, 0) is 13.5 Å². The van der Waals surface area contributed by atoms with Crippen molar-refractivity contribution in [1.29, 1.82) is 0 Å². The van der Waals surface area contributed by atoms with E-state index < -0.39 is 6.43 Å². The largest absolute Gasteiger partial charge is 0.339 e. The van der Waals surface area contributed by atoms with Crippen LogP contribution in [0.25, 0.3) is 27.6 Å². The second-order valence-corrected chi connectivity index (χ2v) is 8.29. The first kappa shape index (κ1) is 22.0. The van der Waals surface area contributed by atoms with Gasteiger partial charge in [-0.3, -0.25) is 4.68 Å². The second kappa shape index (κ2) is 9.53. The van der Waals surface area contributed by atoms with Crippen LogP contribution in [0.1, 0.15) is 16.8 Å². The van der Waals surface area contributed by atoms with E-state index >= 15 is 0 Å². The lowest BCUT2D eigenvalue weighted by Crippen LogP contribution is -2.02. The van der Waals surface area contributed by atoms with Gasteiger partial charge in [0.25, 0.3) is 0 Å². The fraction of sp³-hybridized carbons (Fsp3) is 0.200. The molecule has 4 rings (SSSR count). The van der Waals surface area contributed by atoms with E-state index in [0.717, 1.165) is 44.7 Å². The molecule has 0 unspecified atom stereocenters. The van der Waals surface area contributed by atoms with E-state index in [1.807, 2.05) is 54.0 Å². The highest BCUT2D eigenvalue weighted by atomic mass is 32.2. The van der Waals surface area contributed by atoms with Crippen LogP contribution in [0.5, 0.6) is 0 Å². The zero-order valence-electron chi connectivity index (χ0n) is 18.1. The summed E-state index contributed by atoms with van der Waals surface area (Å²) in [7, 11) is 1.94.